The normalized spacial score (nSPS) is 12.9. The number of nitrogens with two attached hydrogens (primary N) is 1. The van der Waals surface area contributed by atoms with E-state index in [0.29, 0.717) is 10.0 Å². The molecule has 3 N–H and O–H groups in total. The maximum absolute atomic E-state index is 12.1. The average molecular weight is 358 g/mol. The molecule has 0 saturated heterocycles. The standard InChI is InChI=1S/C12H14N4O3S3/c1-7(20-12-16-15-8(2)21-12)11(17)14-9-4-3-5-10(6-9)22(13,18)19/h3-7H,1-2H3,(H,14,17)(H2,13,18,19)/t7-/m1/s1. The second-order valence-electron chi connectivity index (χ2n) is 4.41. The molecule has 118 valence electrons. The van der Waals surface area contributed by atoms with Crippen molar-refractivity contribution in [2.24, 2.45) is 5.14 Å². The van der Waals surface area contributed by atoms with Crippen LogP contribution in [0.15, 0.2) is 33.5 Å². The largest absolute Gasteiger partial charge is 0.325 e. The molecule has 2 rings (SSSR count). The molecule has 0 saturated carbocycles. The van der Waals surface area contributed by atoms with Crippen molar-refractivity contribution in [3.05, 3.63) is 29.3 Å². The fourth-order valence-electron chi connectivity index (χ4n) is 1.53. The highest BCUT2D eigenvalue weighted by molar-refractivity contribution is 8.02. The Morgan fingerprint density at radius 3 is 2.73 bits per heavy atom. The summed E-state index contributed by atoms with van der Waals surface area (Å²) in [6.07, 6.45) is 0. The lowest BCUT2D eigenvalue weighted by Crippen LogP contribution is -2.22. The first-order chi connectivity index (χ1) is 10.3. The van der Waals surface area contributed by atoms with Gasteiger partial charge in [-0.1, -0.05) is 29.2 Å². The smallest absolute Gasteiger partial charge is 0.238 e. The molecule has 0 spiro atoms. The monoisotopic (exact) mass is 358 g/mol. The second-order valence-corrected chi connectivity index (χ2v) is 8.74. The van der Waals surface area contributed by atoms with Gasteiger partial charge in [-0.15, -0.1) is 10.2 Å². The number of carbonyl (C=O) groups excluding carboxylic acids is 1. The highest BCUT2D eigenvalue weighted by Gasteiger charge is 2.17. The molecule has 0 aliphatic rings. The lowest BCUT2D eigenvalue weighted by molar-refractivity contribution is -0.115. The summed E-state index contributed by atoms with van der Waals surface area (Å²) in [5.74, 6) is -0.260. The lowest BCUT2D eigenvalue weighted by Gasteiger charge is -2.10. The number of primary sulfonamides is 1. The number of nitrogens with zero attached hydrogens (tertiary/aromatic N) is 2. The van der Waals surface area contributed by atoms with Crippen LogP contribution in [0.5, 0.6) is 0 Å². The van der Waals surface area contributed by atoms with Gasteiger partial charge in [0.1, 0.15) is 5.01 Å². The summed E-state index contributed by atoms with van der Waals surface area (Å²) in [4.78, 5) is 12.1. The van der Waals surface area contributed by atoms with E-state index in [1.54, 1.807) is 13.0 Å². The van der Waals surface area contributed by atoms with Gasteiger partial charge in [0.25, 0.3) is 0 Å². The van der Waals surface area contributed by atoms with Crippen LogP contribution in [0.25, 0.3) is 0 Å². The number of benzene rings is 1. The topological polar surface area (TPSA) is 115 Å². The van der Waals surface area contributed by atoms with Crippen LogP contribution in [0.1, 0.15) is 11.9 Å². The van der Waals surface area contributed by atoms with E-state index in [1.165, 1.54) is 41.3 Å². The summed E-state index contributed by atoms with van der Waals surface area (Å²) < 4.78 is 23.3. The molecule has 0 bridgehead atoms. The third-order valence-corrected chi connectivity index (χ3v) is 5.52. The lowest BCUT2D eigenvalue weighted by atomic mass is 10.3. The highest BCUT2D eigenvalue weighted by atomic mass is 32.2. The van der Waals surface area contributed by atoms with E-state index in [-0.39, 0.29) is 10.8 Å². The fraction of sp³-hybridized carbons (Fsp3) is 0.250. The molecule has 1 aromatic carbocycles. The molecule has 0 aliphatic carbocycles. The minimum Gasteiger partial charge on any atom is -0.325 e. The van der Waals surface area contributed by atoms with Crippen LogP contribution in [0.2, 0.25) is 0 Å². The molecule has 10 heteroatoms. The van der Waals surface area contributed by atoms with E-state index >= 15 is 0 Å². The first kappa shape index (κ1) is 16.9. The van der Waals surface area contributed by atoms with E-state index in [2.05, 4.69) is 15.5 Å². The number of hydrogen-bond acceptors (Lipinski definition) is 7. The van der Waals surface area contributed by atoms with Gasteiger partial charge in [-0.05, 0) is 32.0 Å². The molecule has 0 radical (unpaired) electrons. The summed E-state index contributed by atoms with van der Waals surface area (Å²) in [5.41, 5.74) is 0.373. The zero-order chi connectivity index (χ0) is 16.3. The van der Waals surface area contributed by atoms with Gasteiger partial charge in [-0.25, -0.2) is 13.6 Å². The first-order valence-corrected chi connectivity index (χ1v) is 9.40. The van der Waals surface area contributed by atoms with Gasteiger partial charge in [0.15, 0.2) is 4.34 Å². The summed E-state index contributed by atoms with van der Waals surface area (Å²) in [5, 5.41) is 16.0. The SMILES string of the molecule is Cc1nnc(S[C@H](C)C(=O)Nc2cccc(S(N)(=O)=O)c2)s1. The third kappa shape index (κ3) is 4.50. The Kier molecular flexibility index (Phi) is 5.16. The van der Waals surface area contributed by atoms with Crippen molar-refractivity contribution >= 4 is 44.7 Å². The highest BCUT2D eigenvalue weighted by Crippen LogP contribution is 2.27. The van der Waals surface area contributed by atoms with E-state index in [9.17, 15) is 13.2 Å². The van der Waals surface area contributed by atoms with E-state index in [1.807, 2.05) is 6.92 Å². The van der Waals surface area contributed by atoms with Gasteiger partial charge < -0.3 is 5.32 Å². The quantitative estimate of drug-likeness (QED) is 0.785. The first-order valence-electron chi connectivity index (χ1n) is 6.16. The molecule has 22 heavy (non-hydrogen) atoms. The minimum atomic E-state index is -3.80. The van der Waals surface area contributed by atoms with Crippen LogP contribution in [-0.4, -0.2) is 29.8 Å². The number of carbonyl (C=O) groups is 1. The Labute approximate surface area is 136 Å². The Morgan fingerprint density at radius 2 is 2.14 bits per heavy atom. The number of anilines is 1. The van der Waals surface area contributed by atoms with E-state index in [4.69, 9.17) is 5.14 Å². The maximum atomic E-state index is 12.1. The van der Waals surface area contributed by atoms with Crippen molar-refractivity contribution in [3.8, 4) is 0 Å². The van der Waals surface area contributed by atoms with Crippen molar-refractivity contribution in [1.82, 2.24) is 10.2 Å². The van der Waals surface area contributed by atoms with Crippen LogP contribution in [0.3, 0.4) is 0 Å². The summed E-state index contributed by atoms with van der Waals surface area (Å²) in [6.45, 7) is 3.57. The Hall–Kier alpha value is -1.49. The van der Waals surface area contributed by atoms with Crippen molar-refractivity contribution in [1.29, 1.82) is 0 Å². The van der Waals surface area contributed by atoms with E-state index in [0.717, 1.165) is 5.01 Å². The number of amides is 1. The maximum Gasteiger partial charge on any atom is 0.238 e. The van der Waals surface area contributed by atoms with E-state index < -0.39 is 15.3 Å². The summed E-state index contributed by atoms with van der Waals surface area (Å²) in [6, 6.07) is 5.80. The Balaban J connectivity index is 2.05. The summed E-state index contributed by atoms with van der Waals surface area (Å²) >= 11 is 2.70. The molecule has 1 heterocycles. The number of rotatable bonds is 5. The molecule has 0 unspecified atom stereocenters. The van der Waals surface area contributed by atoms with Gasteiger partial charge in [0.05, 0.1) is 10.1 Å². The van der Waals surface area contributed by atoms with Gasteiger partial charge >= 0.3 is 0 Å². The molecular formula is C12H14N4O3S3. The number of sulfonamides is 1. The van der Waals surface area contributed by atoms with Gasteiger partial charge in [-0.2, -0.15) is 0 Å². The van der Waals surface area contributed by atoms with Crippen molar-refractivity contribution in [2.45, 2.75) is 28.3 Å². The number of nitrogens with one attached hydrogen (secondary N) is 1. The summed E-state index contributed by atoms with van der Waals surface area (Å²) in [7, 11) is -3.80. The Morgan fingerprint density at radius 1 is 1.41 bits per heavy atom. The predicted molar refractivity (Wildman–Crippen MR) is 86.4 cm³/mol. The van der Waals surface area contributed by atoms with Gasteiger partial charge in [0.2, 0.25) is 15.9 Å². The van der Waals surface area contributed by atoms with Crippen LogP contribution < -0.4 is 10.5 Å². The third-order valence-electron chi connectivity index (χ3n) is 2.58. The molecule has 1 amide bonds. The second kappa shape index (κ2) is 6.73. The molecule has 0 fully saturated rings. The van der Waals surface area contributed by atoms with Crippen molar-refractivity contribution in [2.75, 3.05) is 5.32 Å². The van der Waals surface area contributed by atoms with Crippen LogP contribution >= 0.6 is 23.1 Å². The van der Waals surface area contributed by atoms with Crippen molar-refractivity contribution in [3.63, 3.8) is 0 Å². The van der Waals surface area contributed by atoms with Crippen molar-refractivity contribution < 1.29 is 13.2 Å². The van der Waals surface area contributed by atoms with Crippen LogP contribution in [0, 0.1) is 6.92 Å². The molecule has 0 aliphatic heterocycles. The zero-order valence-corrected chi connectivity index (χ0v) is 14.3. The molecular weight excluding hydrogens is 344 g/mol. The number of thioether (sulfide) groups is 1. The number of aryl methyl sites for hydroxylation is 1. The number of hydrogen-bond donors (Lipinski definition) is 2. The Bertz CT molecular complexity index is 788. The predicted octanol–water partition coefficient (Wildman–Crippen LogP) is 1.61. The molecule has 7 nitrogen and oxygen atoms in total. The average Bonchev–Trinajstić information content (AvgIpc) is 2.83. The van der Waals surface area contributed by atoms with Gasteiger partial charge in [0, 0.05) is 5.69 Å². The zero-order valence-electron chi connectivity index (χ0n) is 11.8. The fourth-order valence-corrected chi connectivity index (χ4v) is 4.04. The molecule has 1 aromatic heterocycles. The number of aromatic nitrogens is 2. The molecule has 1 atom stereocenters. The molecule has 2 aromatic rings. The van der Waals surface area contributed by atoms with Crippen LogP contribution in [0.4, 0.5) is 5.69 Å². The van der Waals surface area contributed by atoms with Crippen LogP contribution in [-0.2, 0) is 14.8 Å². The minimum absolute atomic E-state index is 0.0506. The van der Waals surface area contributed by atoms with Gasteiger partial charge in [-0.3, -0.25) is 4.79 Å².